The molecule has 1 aromatic heterocycles. The van der Waals surface area contributed by atoms with Crippen LogP contribution in [0.25, 0.3) is 0 Å². The summed E-state index contributed by atoms with van der Waals surface area (Å²) in [6, 6.07) is 4.91. The third kappa shape index (κ3) is 8.22. The van der Waals surface area contributed by atoms with E-state index in [4.69, 9.17) is 4.74 Å². The molecule has 1 fully saturated rings. The summed E-state index contributed by atoms with van der Waals surface area (Å²) in [5, 5.41) is 6.88. The predicted molar refractivity (Wildman–Crippen MR) is 114 cm³/mol. The number of rotatable bonds is 7. The van der Waals surface area contributed by atoms with Gasteiger partial charge in [-0.1, -0.05) is 0 Å². The molecule has 2 rings (SSSR count). The molecule has 2 N–H and O–H groups in total. The minimum atomic E-state index is 0. The van der Waals surface area contributed by atoms with Gasteiger partial charge in [-0.2, -0.15) is 0 Å². The lowest BCUT2D eigenvalue weighted by atomic mass is 10.0. The summed E-state index contributed by atoms with van der Waals surface area (Å²) in [7, 11) is 0. The lowest BCUT2D eigenvalue weighted by Crippen LogP contribution is -2.50. The number of nitrogens with zero attached hydrogens (tertiary/aromatic N) is 3. The number of halogens is 1. The number of aromatic nitrogens is 1. The number of aliphatic imine (C=N–C) groups is 1. The molecule has 6 nitrogen and oxygen atoms in total. The lowest BCUT2D eigenvalue weighted by molar-refractivity contribution is 0.167. The first-order valence-electron chi connectivity index (χ1n) is 9.00. The van der Waals surface area contributed by atoms with Crippen LogP contribution in [0, 0.1) is 0 Å². The average Bonchev–Trinajstić information content (AvgIpc) is 2.60. The molecule has 0 bridgehead atoms. The molecule has 1 aliphatic heterocycles. The maximum Gasteiger partial charge on any atom is 0.191 e. The van der Waals surface area contributed by atoms with E-state index in [1.807, 2.05) is 12.1 Å². The highest BCUT2D eigenvalue weighted by atomic mass is 127. The van der Waals surface area contributed by atoms with Gasteiger partial charge in [-0.3, -0.25) is 4.98 Å². The fourth-order valence-corrected chi connectivity index (χ4v) is 2.83. The van der Waals surface area contributed by atoms with Crippen LogP contribution < -0.4 is 15.4 Å². The molecular weight excluding hydrogens is 429 g/mol. The number of hydrogen-bond acceptors (Lipinski definition) is 4. The van der Waals surface area contributed by atoms with Crippen LogP contribution in [-0.2, 0) is 0 Å². The second kappa shape index (κ2) is 12.3. The van der Waals surface area contributed by atoms with Crippen LogP contribution in [0.15, 0.2) is 29.5 Å². The van der Waals surface area contributed by atoms with Crippen molar-refractivity contribution >= 4 is 29.9 Å². The van der Waals surface area contributed by atoms with E-state index in [9.17, 15) is 0 Å². The number of likely N-dealkylation sites (tertiary alicyclic amines) is 1. The highest BCUT2D eigenvalue weighted by molar-refractivity contribution is 14.0. The fraction of sp³-hybridized carbons (Fsp3) is 0.667. The van der Waals surface area contributed by atoms with Gasteiger partial charge in [0.25, 0.3) is 0 Å². The molecule has 7 heteroatoms. The third-order valence-corrected chi connectivity index (χ3v) is 4.21. The highest BCUT2D eigenvalue weighted by Crippen LogP contribution is 2.12. The maximum absolute atomic E-state index is 5.63. The van der Waals surface area contributed by atoms with Gasteiger partial charge >= 0.3 is 0 Å². The Morgan fingerprint density at radius 3 is 2.76 bits per heavy atom. The molecule has 0 aromatic carbocycles. The van der Waals surface area contributed by atoms with Gasteiger partial charge in [0.1, 0.15) is 12.4 Å². The SMILES string of the molecule is CCNC(=NCCOc1cccnc1)NC1CCN(C(C)C)CC1.I. The van der Waals surface area contributed by atoms with Crippen LogP contribution in [0.4, 0.5) is 0 Å². The summed E-state index contributed by atoms with van der Waals surface area (Å²) in [4.78, 5) is 11.2. The van der Waals surface area contributed by atoms with Crippen LogP contribution in [0.1, 0.15) is 33.6 Å². The van der Waals surface area contributed by atoms with Crippen molar-refractivity contribution in [3.05, 3.63) is 24.5 Å². The molecule has 0 atom stereocenters. The van der Waals surface area contributed by atoms with Gasteiger partial charge in [0.2, 0.25) is 0 Å². The number of pyridine rings is 1. The Labute approximate surface area is 168 Å². The van der Waals surface area contributed by atoms with E-state index in [2.05, 4.69) is 46.3 Å². The van der Waals surface area contributed by atoms with E-state index in [1.54, 1.807) is 12.4 Å². The molecule has 2 heterocycles. The lowest BCUT2D eigenvalue weighted by Gasteiger charge is -2.35. The van der Waals surface area contributed by atoms with E-state index >= 15 is 0 Å². The molecule has 25 heavy (non-hydrogen) atoms. The van der Waals surface area contributed by atoms with Gasteiger partial charge in [0, 0.05) is 37.9 Å². The van der Waals surface area contributed by atoms with Gasteiger partial charge in [-0.15, -0.1) is 24.0 Å². The molecule has 0 unspecified atom stereocenters. The first kappa shape index (κ1) is 22.0. The van der Waals surface area contributed by atoms with Crippen molar-refractivity contribution in [1.29, 1.82) is 0 Å². The van der Waals surface area contributed by atoms with Crippen molar-refractivity contribution in [2.75, 3.05) is 32.8 Å². The topological polar surface area (TPSA) is 61.8 Å². The van der Waals surface area contributed by atoms with E-state index in [-0.39, 0.29) is 24.0 Å². The Hall–Kier alpha value is -1.09. The Bertz CT molecular complexity index is 489. The molecule has 142 valence electrons. The van der Waals surface area contributed by atoms with Crippen LogP contribution in [0.5, 0.6) is 5.75 Å². The first-order valence-corrected chi connectivity index (χ1v) is 9.00. The number of nitrogens with one attached hydrogen (secondary N) is 2. The molecule has 0 spiro atoms. The summed E-state index contributed by atoms with van der Waals surface area (Å²) < 4.78 is 5.63. The van der Waals surface area contributed by atoms with E-state index in [1.165, 1.54) is 0 Å². The van der Waals surface area contributed by atoms with Crippen molar-refractivity contribution < 1.29 is 4.74 Å². The number of ether oxygens (including phenoxy) is 1. The van der Waals surface area contributed by atoms with Crippen molar-refractivity contribution in [3.63, 3.8) is 0 Å². The predicted octanol–water partition coefficient (Wildman–Crippen LogP) is 2.51. The third-order valence-electron chi connectivity index (χ3n) is 4.21. The van der Waals surface area contributed by atoms with Gasteiger partial charge < -0.3 is 20.3 Å². The zero-order valence-corrected chi connectivity index (χ0v) is 17.9. The summed E-state index contributed by atoms with van der Waals surface area (Å²) in [5.74, 6) is 1.67. The average molecular weight is 461 g/mol. The van der Waals surface area contributed by atoms with Gasteiger partial charge in [-0.25, -0.2) is 4.99 Å². The quantitative estimate of drug-likeness (QED) is 0.283. The molecule has 0 amide bonds. The largest absolute Gasteiger partial charge is 0.490 e. The molecular formula is C18H32IN5O. The summed E-state index contributed by atoms with van der Waals surface area (Å²) in [5.41, 5.74) is 0. The first-order chi connectivity index (χ1) is 11.7. The normalized spacial score (nSPS) is 16.4. The Morgan fingerprint density at radius 1 is 1.40 bits per heavy atom. The van der Waals surface area contributed by atoms with Crippen molar-refractivity contribution in [2.45, 2.75) is 45.7 Å². The van der Waals surface area contributed by atoms with E-state index in [0.717, 1.165) is 44.2 Å². The smallest absolute Gasteiger partial charge is 0.191 e. The van der Waals surface area contributed by atoms with Gasteiger partial charge in [0.05, 0.1) is 12.7 Å². The van der Waals surface area contributed by atoms with Crippen molar-refractivity contribution in [2.24, 2.45) is 4.99 Å². The van der Waals surface area contributed by atoms with Gasteiger partial charge in [-0.05, 0) is 45.7 Å². The van der Waals surface area contributed by atoms with Crippen LogP contribution in [0.2, 0.25) is 0 Å². The van der Waals surface area contributed by atoms with Crippen molar-refractivity contribution in [1.82, 2.24) is 20.5 Å². The second-order valence-corrected chi connectivity index (χ2v) is 6.35. The maximum atomic E-state index is 5.63. The molecule has 1 aromatic rings. The Kier molecular flexibility index (Phi) is 10.8. The molecule has 1 aliphatic rings. The van der Waals surface area contributed by atoms with Crippen LogP contribution in [-0.4, -0.2) is 60.7 Å². The number of piperidine rings is 1. The second-order valence-electron chi connectivity index (χ2n) is 6.35. The van der Waals surface area contributed by atoms with Crippen LogP contribution in [0.3, 0.4) is 0 Å². The van der Waals surface area contributed by atoms with Gasteiger partial charge in [0.15, 0.2) is 5.96 Å². The zero-order chi connectivity index (χ0) is 17.2. The number of guanidine groups is 1. The van der Waals surface area contributed by atoms with E-state index in [0.29, 0.717) is 25.2 Å². The summed E-state index contributed by atoms with van der Waals surface area (Å²) >= 11 is 0. The summed E-state index contributed by atoms with van der Waals surface area (Å²) in [6.07, 6.45) is 5.78. The molecule has 0 aliphatic carbocycles. The molecule has 0 radical (unpaired) electrons. The molecule has 1 saturated heterocycles. The summed E-state index contributed by atoms with van der Waals surface area (Å²) in [6.45, 7) is 11.0. The fourth-order valence-electron chi connectivity index (χ4n) is 2.83. The molecule has 0 saturated carbocycles. The highest BCUT2D eigenvalue weighted by Gasteiger charge is 2.21. The monoisotopic (exact) mass is 461 g/mol. The van der Waals surface area contributed by atoms with Crippen LogP contribution >= 0.6 is 24.0 Å². The minimum Gasteiger partial charge on any atom is -0.490 e. The standard InChI is InChI=1S/C18H31N5O.HI/c1-4-20-18(21-10-13-24-17-6-5-9-19-14-17)22-16-7-11-23(12-8-16)15(2)3;/h5-6,9,14-16H,4,7-8,10-13H2,1-3H3,(H2,20,21,22);1H. The van der Waals surface area contributed by atoms with E-state index < -0.39 is 0 Å². The zero-order valence-electron chi connectivity index (χ0n) is 15.6. The Morgan fingerprint density at radius 2 is 2.16 bits per heavy atom. The minimum absolute atomic E-state index is 0. The number of hydrogen-bond donors (Lipinski definition) is 2. The Balaban J connectivity index is 0.00000312. The van der Waals surface area contributed by atoms with Crippen molar-refractivity contribution in [3.8, 4) is 5.75 Å².